The monoisotopic (exact) mass is 343 g/mol. The summed E-state index contributed by atoms with van der Waals surface area (Å²) in [4.78, 5) is 12.4. The second kappa shape index (κ2) is 6.49. The maximum atomic E-state index is 13.2. The number of carbonyl (C=O) groups is 1. The zero-order valence-corrected chi connectivity index (χ0v) is 13.9. The average Bonchev–Trinajstić information content (AvgIpc) is 3.03. The van der Waals surface area contributed by atoms with E-state index in [1.807, 2.05) is 32.0 Å². The molecule has 1 heterocycles. The third-order valence-electron chi connectivity index (χ3n) is 3.75. The van der Waals surface area contributed by atoms with Crippen molar-refractivity contribution in [1.29, 1.82) is 0 Å². The number of furan rings is 1. The summed E-state index contributed by atoms with van der Waals surface area (Å²) in [5.74, 6) is -0.219. The Morgan fingerprint density at radius 1 is 1.08 bits per heavy atom. The third kappa shape index (κ3) is 3.19. The predicted octanol–water partition coefficient (Wildman–Crippen LogP) is 5.61. The van der Waals surface area contributed by atoms with Crippen LogP contribution in [-0.4, -0.2) is 5.91 Å². The molecular weight excluding hydrogens is 329 g/mol. The molecule has 0 radical (unpaired) electrons. The predicted molar refractivity (Wildman–Crippen MR) is 93.0 cm³/mol. The molecule has 0 saturated carbocycles. The second-order valence-electron chi connectivity index (χ2n) is 5.51. The van der Waals surface area contributed by atoms with Crippen molar-refractivity contribution in [3.8, 4) is 11.3 Å². The lowest BCUT2D eigenvalue weighted by atomic mass is 10.1. The van der Waals surface area contributed by atoms with E-state index in [1.165, 1.54) is 12.1 Å². The molecule has 1 aromatic heterocycles. The van der Waals surface area contributed by atoms with Gasteiger partial charge in [0.15, 0.2) is 5.76 Å². The molecule has 3 nitrogen and oxygen atoms in total. The Morgan fingerprint density at radius 2 is 1.79 bits per heavy atom. The summed E-state index contributed by atoms with van der Waals surface area (Å²) < 4.78 is 18.8. The van der Waals surface area contributed by atoms with E-state index in [9.17, 15) is 9.18 Å². The molecule has 1 amide bonds. The van der Waals surface area contributed by atoms with Crippen LogP contribution in [0.4, 0.5) is 10.1 Å². The number of aryl methyl sites for hydroxylation is 2. The number of rotatable bonds is 3. The SMILES string of the molecule is Cc1cccc(C)c1NC(=O)c1ccc(-c2ccc(F)c(Cl)c2)o1. The van der Waals surface area contributed by atoms with Crippen molar-refractivity contribution in [1.82, 2.24) is 0 Å². The van der Waals surface area contributed by atoms with Gasteiger partial charge in [-0.05, 0) is 55.3 Å². The highest BCUT2D eigenvalue weighted by Crippen LogP contribution is 2.27. The van der Waals surface area contributed by atoms with Crippen LogP contribution in [0.25, 0.3) is 11.3 Å². The first kappa shape index (κ1) is 16.3. The molecule has 3 rings (SSSR count). The Morgan fingerprint density at radius 3 is 2.46 bits per heavy atom. The van der Waals surface area contributed by atoms with E-state index in [-0.39, 0.29) is 16.7 Å². The topological polar surface area (TPSA) is 42.2 Å². The largest absolute Gasteiger partial charge is 0.451 e. The zero-order chi connectivity index (χ0) is 17.3. The van der Waals surface area contributed by atoms with Crippen molar-refractivity contribution < 1.29 is 13.6 Å². The molecular formula is C19H15ClFNO2. The normalized spacial score (nSPS) is 10.7. The van der Waals surface area contributed by atoms with Gasteiger partial charge >= 0.3 is 0 Å². The van der Waals surface area contributed by atoms with Crippen LogP contribution < -0.4 is 5.32 Å². The van der Waals surface area contributed by atoms with E-state index in [0.29, 0.717) is 11.3 Å². The Hall–Kier alpha value is -2.59. The maximum Gasteiger partial charge on any atom is 0.291 e. The van der Waals surface area contributed by atoms with Crippen LogP contribution in [0.1, 0.15) is 21.7 Å². The van der Waals surface area contributed by atoms with Crippen molar-refractivity contribution >= 4 is 23.2 Å². The van der Waals surface area contributed by atoms with Gasteiger partial charge in [0, 0.05) is 11.3 Å². The van der Waals surface area contributed by atoms with E-state index in [2.05, 4.69) is 5.32 Å². The Labute approximate surface area is 144 Å². The quantitative estimate of drug-likeness (QED) is 0.671. The van der Waals surface area contributed by atoms with Crippen molar-refractivity contribution in [3.63, 3.8) is 0 Å². The summed E-state index contributed by atoms with van der Waals surface area (Å²) >= 11 is 5.78. The highest BCUT2D eigenvalue weighted by atomic mass is 35.5. The van der Waals surface area contributed by atoms with Gasteiger partial charge in [-0.1, -0.05) is 29.8 Å². The molecule has 0 aliphatic rings. The Kier molecular flexibility index (Phi) is 4.40. The van der Waals surface area contributed by atoms with Gasteiger partial charge in [-0.15, -0.1) is 0 Å². The van der Waals surface area contributed by atoms with Gasteiger partial charge in [0.25, 0.3) is 5.91 Å². The van der Waals surface area contributed by atoms with Crippen LogP contribution in [0, 0.1) is 19.7 Å². The first-order valence-corrected chi connectivity index (χ1v) is 7.76. The number of nitrogens with one attached hydrogen (secondary N) is 1. The van der Waals surface area contributed by atoms with Crippen molar-refractivity contribution in [2.75, 3.05) is 5.32 Å². The van der Waals surface area contributed by atoms with E-state index < -0.39 is 5.82 Å². The second-order valence-corrected chi connectivity index (χ2v) is 5.92. The number of carbonyl (C=O) groups excluding carboxylic acids is 1. The number of benzene rings is 2. The highest BCUT2D eigenvalue weighted by molar-refractivity contribution is 6.31. The number of halogens is 2. The van der Waals surface area contributed by atoms with E-state index in [0.717, 1.165) is 16.8 Å². The molecule has 0 bridgehead atoms. The molecule has 0 aliphatic heterocycles. The minimum Gasteiger partial charge on any atom is -0.451 e. The molecule has 122 valence electrons. The van der Waals surface area contributed by atoms with Crippen LogP contribution >= 0.6 is 11.6 Å². The van der Waals surface area contributed by atoms with Gasteiger partial charge in [-0.3, -0.25) is 4.79 Å². The number of anilines is 1. The van der Waals surface area contributed by atoms with Gasteiger partial charge in [0.2, 0.25) is 0 Å². The fourth-order valence-corrected chi connectivity index (χ4v) is 2.63. The Balaban J connectivity index is 1.85. The lowest BCUT2D eigenvalue weighted by molar-refractivity contribution is 0.0997. The first-order chi connectivity index (χ1) is 11.5. The summed E-state index contributed by atoms with van der Waals surface area (Å²) in [5, 5.41) is 2.87. The summed E-state index contributed by atoms with van der Waals surface area (Å²) in [5.41, 5.74) is 3.32. The molecule has 0 saturated heterocycles. The van der Waals surface area contributed by atoms with E-state index >= 15 is 0 Å². The van der Waals surface area contributed by atoms with Crippen molar-refractivity contribution in [2.45, 2.75) is 13.8 Å². The maximum absolute atomic E-state index is 13.2. The van der Waals surface area contributed by atoms with Crippen LogP contribution in [0.2, 0.25) is 5.02 Å². The lowest BCUT2D eigenvalue weighted by Crippen LogP contribution is -2.12. The van der Waals surface area contributed by atoms with Gasteiger partial charge in [-0.25, -0.2) is 4.39 Å². The lowest BCUT2D eigenvalue weighted by Gasteiger charge is -2.10. The number of para-hydroxylation sites is 1. The van der Waals surface area contributed by atoms with E-state index in [1.54, 1.807) is 18.2 Å². The van der Waals surface area contributed by atoms with Gasteiger partial charge in [-0.2, -0.15) is 0 Å². The van der Waals surface area contributed by atoms with Crippen LogP contribution in [-0.2, 0) is 0 Å². The fraction of sp³-hybridized carbons (Fsp3) is 0.105. The minimum absolute atomic E-state index is 0.00503. The van der Waals surface area contributed by atoms with Crippen molar-refractivity contribution in [2.24, 2.45) is 0 Å². The molecule has 0 unspecified atom stereocenters. The highest BCUT2D eigenvalue weighted by Gasteiger charge is 2.15. The van der Waals surface area contributed by atoms with Crippen molar-refractivity contribution in [3.05, 3.63) is 76.3 Å². The fourth-order valence-electron chi connectivity index (χ4n) is 2.45. The zero-order valence-electron chi connectivity index (χ0n) is 13.2. The Bertz CT molecular complexity index is 897. The van der Waals surface area contributed by atoms with Gasteiger partial charge < -0.3 is 9.73 Å². The molecule has 0 atom stereocenters. The molecule has 1 N–H and O–H groups in total. The molecule has 2 aromatic carbocycles. The van der Waals surface area contributed by atoms with Crippen LogP contribution in [0.3, 0.4) is 0 Å². The summed E-state index contributed by atoms with van der Waals surface area (Å²) in [6.07, 6.45) is 0. The molecule has 0 aliphatic carbocycles. The number of hydrogen-bond donors (Lipinski definition) is 1. The summed E-state index contributed by atoms with van der Waals surface area (Å²) in [6.45, 7) is 3.85. The first-order valence-electron chi connectivity index (χ1n) is 7.38. The van der Waals surface area contributed by atoms with Crippen LogP contribution in [0.15, 0.2) is 52.9 Å². The summed E-state index contributed by atoms with van der Waals surface area (Å²) in [7, 11) is 0. The van der Waals surface area contributed by atoms with Gasteiger partial charge in [0.1, 0.15) is 11.6 Å². The molecule has 3 aromatic rings. The smallest absolute Gasteiger partial charge is 0.291 e. The molecule has 0 spiro atoms. The van der Waals surface area contributed by atoms with Gasteiger partial charge in [0.05, 0.1) is 5.02 Å². The number of amides is 1. The standard InChI is InChI=1S/C19H15ClFNO2/c1-11-4-3-5-12(2)18(11)22-19(23)17-9-8-16(24-17)13-6-7-15(21)14(20)10-13/h3-10H,1-2H3,(H,22,23). The van der Waals surface area contributed by atoms with E-state index in [4.69, 9.17) is 16.0 Å². The van der Waals surface area contributed by atoms with Crippen LogP contribution in [0.5, 0.6) is 0 Å². The molecule has 24 heavy (non-hydrogen) atoms. The average molecular weight is 344 g/mol. The summed E-state index contributed by atoms with van der Waals surface area (Å²) in [6, 6.07) is 13.3. The third-order valence-corrected chi connectivity index (χ3v) is 4.04. The number of hydrogen-bond acceptors (Lipinski definition) is 2. The molecule has 0 fully saturated rings. The molecule has 5 heteroatoms. The minimum atomic E-state index is -0.500.